The quantitative estimate of drug-likeness (QED) is 0.901. The van der Waals surface area contributed by atoms with Crippen molar-refractivity contribution in [3.05, 3.63) is 50.9 Å². The van der Waals surface area contributed by atoms with Gasteiger partial charge in [0, 0.05) is 28.1 Å². The molecule has 0 saturated carbocycles. The van der Waals surface area contributed by atoms with Crippen molar-refractivity contribution in [3.8, 4) is 0 Å². The zero-order chi connectivity index (χ0) is 11.8. The van der Waals surface area contributed by atoms with E-state index in [9.17, 15) is 5.11 Å². The highest BCUT2D eigenvalue weighted by Crippen LogP contribution is 2.42. The van der Waals surface area contributed by atoms with E-state index in [1.165, 1.54) is 16.9 Å². The second kappa shape index (κ2) is 4.41. The predicted molar refractivity (Wildman–Crippen MR) is 69.6 cm³/mol. The molecule has 2 unspecified atom stereocenters. The molecule has 0 aliphatic heterocycles. The molecule has 0 aromatic carbocycles. The van der Waals surface area contributed by atoms with Gasteiger partial charge in [0.15, 0.2) is 0 Å². The van der Waals surface area contributed by atoms with Gasteiger partial charge in [0.1, 0.15) is 0 Å². The van der Waals surface area contributed by atoms with Crippen LogP contribution in [0.1, 0.15) is 34.6 Å². The van der Waals surface area contributed by atoms with Gasteiger partial charge in [-0.3, -0.25) is 4.98 Å². The van der Waals surface area contributed by atoms with Gasteiger partial charge < -0.3 is 5.11 Å². The summed E-state index contributed by atoms with van der Waals surface area (Å²) in [5, 5.41) is 12.9. The molecular formula is C13H12ClNOS. The maximum Gasteiger partial charge on any atom is 0.0966 e. The average Bonchev–Trinajstić information content (AvgIpc) is 2.94. The summed E-state index contributed by atoms with van der Waals surface area (Å²) >= 11 is 7.40. The van der Waals surface area contributed by atoms with E-state index >= 15 is 0 Å². The molecule has 0 radical (unpaired) electrons. The lowest BCUT2D eigenvalue weighted by Crippen LogP contribution is -2.07. The van der Waals surface area contributed by atoms with Gasteiger partial charge in [-0.25, -0.2) is 0 Å². The van der Waals surface area contributed by atoms with Crippen LogP contribution in [0, 0.1) is 0 Å². The smallest absolute Gasteiger partial charge is 0.0966 e. The third kappa shape index (κ3) is 1.99. The number of rotatable bonds is 2. The topological polar surface area (TPSA) is 33.1 Å². The van der Waals surface area contributed by atoms with E-state index in [4.69, 9.17) is 11.6 Å². The Morgan fingerprint density at radius 3 is 3.18 bits per heavy atom. The summed E-state index contributed by atoms with van der Waals surface area (Å²) in [6.45, 7) is 0. The van der Waals surface area contributed by atoms with E-state index in [1.54, 1.807) is 6.20 Å². The van der Waals surface area contributed by atoms with E-state index in [2.05, 4.69) is 11.1 Å². The van der Waals surface area contributed by atoms with Gasteiger partial charge in [0.25, 0.3) is 0 Å². The number of hydrogen-bond donors (Lipinski definition) is 1. The third-order valence-corrected chi connectivity index (χ3v) is 4.61. The standard InChI is InChI=1S/C13H12ClNOS/c14-9-6-11(17-7-9)13(16)10-4-3-8-2-1-5-15-12(8)10/h1-2,5-7,10,13,16H,3-4H2. The zero-order valence-corrected chi connectivity index (χ0v) is 10.7. The Balaban J connectivity index is 1.92. The largest absolute Gasteiger partial charge is 0.387 e. The number of nitrogens with zero attached hydrogens (tertiary/aromatic N) is 1. The third-order valence-electron chi connectivity index (χ3n) is 3.26. The number of thiophene rings is 1. The van der Waals surface area contributed by atoms with E-state index in [0.29, 0.717) is 5.02 Å². The van der Waals surface area contributed by atoms with Crippen LogP contribution in [-0.2, 0) is 6.42 Å². The molecule has 2 atom stereocenters. The predicted octanol–water partition coefficient (Wildman–Crippen LogP) is 3.56. The molecule has 0 fully saturated rings. The normalized spacial score (nSPS) is 20.2. The highest BCUT2D eigenvalue weighted by atomic mass is 35.5. The van der Waals surface area contributed by atoms with Gasteiger partial charge in [0.05, 0.1) is 11.1 Å². The Kier molecular flexibility index (Phi) is 2.90. The van der Waals surface area contributed by atoms with E-state index in [0.717, 1.165) is 23.4 Å². The van der Waals surface area contributed by atoms with Crippen molar-refractivity contribution in [3.63, 3.8) is 0 Å². The first kappa shape index (κ1) is 11.2. The van der Waals surface area contributed by atoms with Crippen LogP contribution in [-0.4, -0.2) is 10.1 Å². The summed E-state index contributed by atoms with van der Waals surface area (Å²) in [5.74, 6) is 0.112. The molecule has 4 heteroatoms. The Morgan fingerprint density at radius 2 is 2.41 bits per heavy atom. The summed E-state index contributed by atoms with van der Waals surface area (Å²) < 4.78 is 0. The molecule has 2 aromatic rings. The van der Waals surface area contributed by atoms with E-state index < -0.39 is 6.10 Å². The fraction of sp³-hybridized carbons (Fsp3) is 0.308. The van der Waals surface area contributed by atoms with Gasteiger partial charge in [0.2, 0.25) is 0 Å². The van der Waals surface area contributed by atoms with Crippen molar-refractivity contribution >= 4 is 22.9 Å². The Morgan fingerprint density at radius 1 is 1.53 bits per heavy atom. The van der Waals surface area contributed by atoms with Crippen molar-refractivity contribution in [2.24, 2.45) is 0 Å². The lowest BCUT2D eigenvalue weighted by Gasteiger charge is -2.16. The minimum Gasteiger partial charge on any atom is -0.387 e. The molecule has 0 amide bonds. The highest BCUT2D eigenvalue weighted by Gasteiger charge is 2.31. The number of pyridine rings is 1. The van der Waals surface area contributed by atoms with Crippen molar-refractivity contribution in [1.29, 1.82) is 0 Å². The SMILES string of the molecule is OC(c1cc(Cl)cs1)C1CCc2cccnc21. The van der Waals surface area contributed by atoms with Gasteiger partial charge >= 0.3 is 0 Å². The minimum atomic E-state index is -0.483. The Hall–Kier alpha value is -0.900. The summed E-state index contributed by atoms with van der Waals surface area (Å²) in [6, 6.07) is 5.89. The number of aromatic nitrogens is 1. The molecule has 0 spiro atoms. The summed E-state index contributed by atoms with van der Waals surface area (Å²) in [4.78, 5) is 5.33. The number of hydrogen-bond acceptors (Lipinski definition) is 3. The molecule has 3 rings (SSSR count). The number of aryl methyl sites for hydroxylation is 1. The van der Waals surface area contributed by atoms with Crippen LogP contribution in [0.4, 0.5) is 0 Å². The molecule has 1 aliphatic carbocycles. The minimum absolute atomic E-state index is 0.112. The summed E-state index contributed by atoms with van der Waals surface area (Å²) in [7, 11) is 0. The number of halogens is 1. The molecule has 0 saturated heterocycles. The van der Waals surface area contributed by atoms with Crippen LogP contribution in [0.2, 0.25) is 5.02 Å². The fourth-order valence-corrected chi connectivity index (χ4v) is 3.56. The van der Waals surface area contributed by atoms with Crippen molar-refractivity contribution in [2.45, 2.75) is 24.9 Å². The number of aliphatic hydroxyl groups is 1. The molecule has 2 nitrogen and oxygen atoms in total. The van der Waals surface area contributed by atoms with Crippen LogP contribution < -0.4 is 0 Å². The molecule has 17 heavy (non-hydrogen) atoms. The number of aliphatic hydroxyl groups excluding tert-OH is 1. The van der Waals surface area contributed by atoms with Crippen LogP contribution in [0.15, 0.2) is 29.8 Å². The molecule has 2 heterocycles. The first-order valence-electron chi connectivity index (χ1n) is 5.61. The zero-order valence-electron chi connectivity index (χ0n) is 9.14. The molecular weight excluding hydrogens is 254 g/mol. The Bertz CT molecular complexity index is 540. The van der Waals surface area contributed by atoms with Gasteiger partial charge in [-0.05, 0) is 30.5 Å². The molecule has 0 bridgehead atoms. The van der Waals surface area contributed by atoms with Crippen molar-refractivity contribution in [1.82, 2.24) is 4.98 Å². The van der Waals surface area contributed by atoms with Gasteiger partial charge in [-0.15, -0.1) is 11.3 Å². The van der Waals surface area contributed by atoms with Crippen LogP contribution >= 0.6 is 22.9 Å². The second-order valence-electron chi connectivity index (χ2n) is 4.31. The van der Waals surface area contributed by atoms with Crippen LogP contribution in [0.3, 0.4) is 0 Å². The van der Waals surface area contributed by atoms with Gasteiger partial charge in [-0.1, -0.05) is 17.7 Å². The highest BCUT2D eigenvalue weighted by molar-refractivity contribution is 7.10. The van der Waals surface area contributed by atoms with Crippen molar-refractivity contribution in [2.75, 3.05) is 0 Å². The number of fused-ring (bicyclic) bond motifs is 1. The Labute approximate surface area is 109 Å². The summed E-state index contributed by atoms with van der Waals surface area (Å²) in [5.41, 5.74) is 2.31. The lowest BCUT2D eigenvalue weighted by atomic mass is 9.98. The maximum atomic E-state index is 10.4. The molecule has 88 valence electrons. The molecule has 2 aromatic heterocycles. The fourth-order valence-electron chi connectivity index (χ4n) is 2.43. The van der Waals surface area contributed by atoms with Crippen LogP contribution in [0.5, 0.6) is 0 Å². The average molecular weight is 266 g/mol. The van der Waals surface area contributed by atoms with Gasteiger partial charge in [-0.2, -0.15) is 0 Å². The van der Waals surface area contributed by atoms with E-state index in [1.807, 2.05) is 17.5 Å². The monoisotopic (exact) mass is 265 g/mol. The van der Waals surface area contributed by atoms with E-state index in [-0.39, 0.29) is 5.92 Å². The summed E-state index contributed by atoms with van der Waals surface area (Å²) in [6.07, 6.45) is 3.28. The molecule has 1 aliphatic rings. The lowest BCUT2D eigenvalue weighted by molar-refractivity contribution is 0.147. The van der Waals surface area contributed by atoms with Crippen molar-refractivity contribution < 1.29 is 5.11 Å². The second-order valence-corrected chi connectivity index (χ2v) is 5.68. The first-order chi connectivity index (χ1) is 8.25. The van der Waals surface area contributed by atoms with Crippen LogP contribution in [0.25, 0.3) is 0 Å². The molecule has 1 N–H and O–H groups in total. The maximum absolute atomic E-state index is 10.4. The first-order valence-corrected chi connectivity index (χ1v) is 6.87.